The summed E-state index contributed by atoms with van der Waals surface area (Å²) in [4.78, 5) is 16.4. The smallest absolute Gasteiger partial charge is 0.491 e. The molecule has 6 nitrogen and oxygen atoms in total. The highest BCUT2D eigenvalue weighted by atomic mass is 79.9. The number of phenolic OH excluding ortho intramolecular Hbond substituents is 1. The Balaban J connectivity index is 2.05. The number of aromatic hydroxyl groups is 1. The number of alkyl halides is 3. The molecule has 0 fully saturated rings. The van der Waals surface area contributed by atoms with E-state index in [1.54, 1.807) is 48.5 Å². The number of benzene rings is 3. The number of amidine groups is 1. The summed E-state index contributed by atoms with van der Waals surface area (Å²) in [6, 6.07) is 16.3. The number of methoxy groups -OCH3 is 1. The number of hydrogen-bond acceptors (Lipinski definition) is 6. The summed E-state index contributed by atoms with van der Waals surface area (Å²) < 4.78 is 48.9. The lowest BCUT2D eigenvalue weighted by atomic mass is 9.77. The quantitative estimate of drug-likeness (QED) is 0.386. The van der Waals surface area contributed by atoms with Gasteiger partial charge in [0.15, 0.2) is 5.75 Å². The number of phenols is 1. The van der Waals surface area contributed by atoms with Crippen LogP contribution in [0.15, 0.2) is 70.1 Å². The van der Waals surface area contributed by atoms with Crippen LogP contribution in [0.25, 0.3) is 0 Å². The van der Waals surface area contributed by atoms with E-state index < -0.39 is 29.2 Å². The van der Waals surface area contributed by atoms with Crippen LogP contribution in [0.2, 0.25) is 0 Å². The van der Waals surface area contributed by atoms with Crippen LogP contribution in [0.1, 0.15) is 22.3 Å². The SMILES string of the molecule is COc1ccc(C2(c3ccc(O)c(Br)c3OC(=O)C(F)(F)F)N=C(N)c3ccccc32)cc1. The molecule has 4 rings (SSSR count). The molecular weight excluding hydrogens is 505 g/mol. The first kappa shape index (κ1) is 22.7. The fraction of sp³-hybridized carbons (Fsp3) is 0.130. The van der Waals surface area contributed by atoms with Crippen molar-refractivity contribution in [3.8, 4) is 17.2 Å². The Hall–Kier alpha value is -3.53. The summed E-state index contributed by atoms with van der Waals surface area (Å²) >= 11 is 3.05. The Kier molecular flexibility index (Phi) is 5.57. The molecule has 33 heavy (non-hydrogen) atoms. The minimum Gasteiger partial charge on any atom is -0.507 e. The Bertz CT molecular complexity index is 1280. The maximum Gasteiger partial charge on any atom is 0.491 e. The third-order valence-corrected chi connectivity index (χ3v) is 6.05. The van der Waals surface area contributed by atoms with Gasteiger partial charge >= 0.3 is 12.1 Å². The van der Waals surface area contributed by atoms with Crippen LogP contribution in [0.5, 0.6) is 17.2 Å². The lowest BCUT2D eigenvalue weighted by Crippen LogP contribution is -2.31. The topological polar surface area (TPSA) is 94.1 Å². The molecule has 0 amide bonds. The number of nitrogens with zero attached hydrogens (tertiary/aromatic N) is 1. The molecule has 0 saturated carbocycles. The van der Waals surface area contributed by atoms with Gasteiger partial charge in [-0.3, -0.25) is 0 Å². The third-order valence-electron chi connectivity index (χ3n) is 5.28. The molecule has 0 radical (unpaired) electrons. The van der Waals surface area contributed by atoms with Gasteiger partial charge in [-0.2, -0.15) is 13.2 Å². The van der Waals surface area contributed by atoms with E-state index in [2.05, 4.69) is 20.9 Å². The first-order valence-corrected chi connectivity index (χ1v) is 10.3. The zero-order valence-electron chi connectivity index (χ0n) is 17.0. The molecule has 3 aromatic rings. The lowest BCUT2D eigenvalue weighted by Gasteiger charge is -2.31. The molecule has 1 atom stereocenters. The molecule has 0 spiro atoms. The molecule has 1 unspecified atom stereocenters. The highest BCUT2D eigenvalue weighted by Crippen LogP contribution is 2.52. The largest absolute Gasteiger partial charge is 0.507 e. The number of nitrogens with two attached hydrogens (primary N) is 1. The predicted octanol–water partition coefficient (Wildman–Crippen LogP) is 4.64. The lowest BCUT2D eigenvalue weighted by molar-refractivity contribution is -0.189. The normalized spacial score (nSPS) is 17.3. The van der Waals surface area contributed by atoms with Crippen molar-refractivity contribution in [3.05, 3.63) is 87.4 Å². The molecule has 1 heterocycles. The minimum absolute atomic E-state index is 0.0721. The molecule has 0 saturated heterocycles. The van der Waals surface area contributed by atoms with Crippen LogP contribution < -0.4 is 15.2 Å². The Labute approximate surface area is 194 Å². The minimum atomic E-state index is -5.26. The van der Waals surface area contributed by atoms with E-state index in [-0.39, 0.29) is 15.9 Å². The fourth-order valence-corrected chi connectivity index (χ4v) is 4.24. The molecule has 10 heteroatoms. The number of aliphatic imine (C=N–C) groups is 1. The van der Waals surface area contributed by atoms with E-state index in [1.807, 2.05) is 0 Å². The van der Waals surface area contributed by atoms with Gasteiger partial charge in [0.1, 0.15) is 27.3 Å². The summed E-state index contributed by atoms with van der Waals surface area (Å²) in [5.74, 6) is -2.69. The van der Waals surface area contributed by atoms with Crippen molar-refractivity contribution in [3.63, 3.8) is 0 Å². The van der Waals surface area contributed by atoms with E-state index in [9.17, 15) is 23.1 Å². The van der Waals surface area contributed by atoms with Crippen LogP contribution in [-0.4, -0.2) is 30.2 Å². The molecule has 170 valence electrons. The Morgan fingerprint density at radius 3 is 2.36 bits per heavy atom. The zero-order valence-corrected chi connectivity index (χ0v) is 18.6. The number of esters is 1. The van der Waals surface area contributed by atoms with Crippen molar-refractivity contribution in [2.75, 3.05) is 7.11 Å². The van der Waals surface area contributed by atoms with E-state index in [4.69, 9.17) is 15.2 Å². The Morgan fingerprint density at radius 2 is 1.73 bits per heavy atom. The molecule has 0 bridgehead atoms. The van der Waals surface area contributed by atoms with Crippen molar-refractivity contribution >= 4 is 27.7 Å². The summed E-state index contributed by atoms with van der Waals surface area (Å²) in [6.45, 7) is 0. The van der Waals surface area contributed by atoms with Crippen molar-refractivity contribution < 1.29 is 32.5 Å². The third kappa shape index (κ3) is 3.70. The van der Waals surface area contributed by atoms with E-state index in [1.165, 1.54) is 19.2 Å². The summed E-state index contributed by atoms with van der Waals surface area (Å²) in [5, 5.41) is 10.2. The van der Waals surface area contributed by atoms with Crippen molar-refractivity contribution in [2.45, 2.75) is 11.7 Å². The van der Waals surface area contributed by atoms with Gasteiger partial charge < -0.3 is 20.3 Å². The van der Waals surface area contributed by atoms with Gasteiger partial charge in [0, 0.05) is 11.1 Å². The first-order valence-electron chi connectivity index (χ1n) is 9.50. The van der Waals surface area contributed by atoms with Gasteiger partial charge in [0.25, 0.3) is 0 Å². The van der Waals surface area contributed by atoms with Gasteiger partial charge in [-0.05, 0) is 51.3 Å². The number of carbonyl (C=O) groups excluding carboxylic acids is 1. The van der Waals surface area contributed by atoms with Crippen LogP contribution in [0.3, 0.4) is 0 Å². The predicted molar refractivity (Wildman–Crippen MR) is 118 cm³/mol. The van der Waals surface area contributed by atoms with Crippen molar-refractivity contribution in [1.29, 1.82) is 0 Å². The highest BCUT2D eigenvalue weighted by Gasteiger charge is 2.47. The van der Waals surface area contributed by atoms with Gasteiger partial charge in [0.05, 0.1) is 7.11 Å². The highest BCUT2D eigenvalue weighted by molar-refractivity contribution is 9.10. The second-order valence-electron chi connectivity index (χ2n) is 7.14. The number of halogens is 4. The molecular formula is C23H16BrF3N2O4. The number of rotatable bonds is 4. The standard InChI is InChI=1S/C23H16BrF3N2O4/c1-32-13-8-6-12(7-9-13)22(15-5-3-2-4-14(15)20(28)29-22)16-10-11-17(30)18(24)19(16)33-21(31)23(25,26)27/h2-11,30H,1H3,(H2,28,29). The zero-order chi connectivity index (χ0) is 24.0. The van der Waals surface area contributed by atoms with Crippen LogP contribution >= 0.6 is 15.9 Å². The molecule has 0 aromatic heterocycles. The average molecular weight is 521 g/mol. The summed E-state index contributed by atoms with van der Waals surface area (Å²) in [5.41, 5.74) is 6.49. The maximum absolute atomic E-state index is 13.1. The van der Waals surface area contributed by atoms with Crippen molar-refractivity contribution in [2.24, 2.45) is 10.7 Å². The van der Waals surface area contributed by atoms with Crippen LogP contribution in [-0.2, 0) is 10.3 Å². The molecule has 1 aliphatic heterocycles. The number of carbonyl (C=O) groups is 1. The van der Waals surface area contributed by atoms with Crippen LogP contribution in [0, 0.1) is 0 Å². The maximum atomic E-state index is 13.1. The molecule has 1 aliphatic rings. The van der Waals surface area contributed by atoms with E-state index >= 15 is 0 Å². The second-order valence-corrected chi connectivity index (χ2v) is 7.94. The van der Waals surface area contributed by atoms with Gasteiger partial charge in [0.2, 0.25) is 0 Å². The van der Waals surface area contributed by atoms with Gasteiger partial charge in [-0.1, -0.05) is 36.4 Å². The number of ether oxygens (including phenoxy) is 2. The fourth-order valence-electron chi connectivity index (χ4n) is 3.82. The van der Waals surface area contributed by atoms with Crippen LogP contribution in [0.4, 0.5) is 13.2 Å². The molecule has 3 N–H and O–H groups in total. The van der Waals surface area contributed by atoms with Gasteiger partial charge in [-0.15, -0.1) is 0 Å². The van der Waals surface area contributed by atoms with Gasteiger partial charge in [-0.25, -0.2) is 9.79 Å². The monoisotopic (exact) mass is 520 g/mol. The Morgan fingerprint density at radius 1 is 1.06 bits per heavy atom. The second kappa shape index (κ2) is 8.11. The van der Waals surface area contributed by atoms with Crippen molar-refractivity contribution in [1.82, 2.24) is 0 Å². The molecule has 0 aliphatic carbocycles. The number of fused-ring (bicyclic) bond motifs is 1. The van der Waals surface area contributed by atoms with E-state index in [0.29, 0.717) is 22.4 Å². The van der Waals surface area contributed by atoms with E-state index in [0.717, 1.165) is 0 Å². The summed E-state index contributed by atoms with van der Waals surface area (Å²) in [7, 11) is 1.50. The molecule has 3 aromatic carbocycles. The first-order chi connectivity index (χ1) is 15.6. The summed E-state index contributed by atoms with van der Waals surface area (Å²) in [6.07, 6.45) is -5.26. The number of hydrogen-bond donors (Lipinski definition) is 2. The average Bonchev–Trinajstić information content (AvgIpc) is 3.10.